The second kappa shape index (κ2) is 5.98. The third-order valence-electron chi connectivity index (χ3n) is 3.16. The summed E-state index contributed by atoms with van der Waals surface area (Å²) in [6.45, 7) is 5.45. The summed E-state index contributed by atoms with van der Waals surface area (Å²) in [5, 5.41) is 0. The number of nitrogens with zero attached hydrogens (tertiary/aromatic N) is 1. The van der Waals surface area contributed by atoms with Crippen molar-refractivity contribution in [1.82, 2.24) is 4.90 Å². The van der Waals surface area contributed by atoms with Crippen LogP contribution in [-0.4, -0.2) is 44.1 Å². The van der Waals surface area contributed by atoms with Crippen LogP contribution in [0.15, 0.2) is 18.2 Å². The molecule has 4 nitrogen and oxygen atoms in total. The lowest BCUT2D eigenvalue weighted by Crippen LogP contribution is -2.40. The molecular formula is C14H19NO3. The molecule has 1 fully saturated rings. The lowest BCUT2D eigenvalue weighted by molar-refractivity contribution is -0.0214. The van der Waals surface area contributed by atoms with Gasteiger partial charge in [0.25, 0.3) is 0 Å². The molecule has 1 aromatic rings. The van der Waals surface area contributed by atoms with E-state index in [4.69, 9.17) is 9.47 Å². The Labute approximate surface area is 107 Å². The topological polar surface area (TPSA) is 38.8 Å². The Morgan fingerprint density at radius 2 is 2.39 bits per heavy atom. The average Bonchev–Trinajstić information content (AvgIpc) is 2.38. The van der Waals surface area contributed by atoms with Crippen LogP contribution >= 0.6 is 0 Å². The summed E-state index contributed by atoms with van der Waals surface area (Å²) in [5.74, 6) is 0.833. The molecule has 0 aliphatic carbocycles. The molecule has 2 rings (SSSR count). The van der Waals surface area contributed by atoms with Crippen LogP contribution in [0.3, 0.4) is 0 Å². The third kappa shape index (κ3) is 3.09. The molecule has 98 valence electrons. The van der Waals surface area contributed by atoms with Gasteiger partial charge in [-0.25, -0.2) is 0 Å². The molecule has 18 heavy (non-hydrogen) atoms. The predicted octanol–water partition coefficient (Wildman–Crippen LogP) is 1.73. The van der Waals surface area contributed by atoms with E-state index in [0.717, 1.165) is 43.8 Å². The van der Waals surface area contributed by atoms with Crippen molar-refractivity contribution < 1.29 is 14.3 Å². The molecule has 0 N–H and O–H groups in total. The number of hydrogen-bond donors (Lipinski definition) is 0. The highest BCUT2D eigenvalue weighted by Crippen LogP contribution is 2.22. The summed E-state index contributed by atoms with van der Waals surface area (Å²) in [6.07, 6.45) is 1.13. The Morgan fingerprint density at radius 3 is 3.06 bits per heavy atom. The largest absolute Gasteiger partial charge is 0.496 e. The van der Waals surface area contributed by atoms with Gasteiger partial charge in [-0.3, -0.25) is 9.69 Å². The van der Waals surface area contributed by atoms with E-state index in [1.165, 1.54) is 0 Å². The third-order valence-corrected chi connectivity index (χ3v) is 3.16. The van der Waals surface area contributed by atoms with Crippen LogP contribution in [0, 0.1) is 0 Å². The fourth-order valence-corrected chi connectivity index (χ4v) is 2.27. The highest BCUT2D eigenvalue weighted by molar-refractivity contribution is 5.75. The van der Waals surface area contributed by atoms with Crippen molar-refractivity contribution in [3.8, 4) is 5.75 Å². The summed E-state index contributed by atoms with van der Waals surface area (Å²) < 4.78 is 10.9. The molecule has 1 saturated heterocycles. The van der Waals surface area contributed by atoms with Crippen molar-refractivity contribution in [3.05, 3.63) is 29.3 Å². The molecular weight excluding hydrogens is 230 g/mol. The van der Waals surface area contributed by atoms with Crippen LogP contribution in [0.1, 0.15) is 22.8 Å². The van der Waals surface area contributed by atoms with Crippen molar-refractivity contribution >= 4 is 6.29 Å². The molecule has 0 aromatic heterocycles. The van der Waals surface area contributed by atoms with Crippen molar-refractivity contribution in [2.24, 2.45) is 0 Å². The second-order valence-corrected chi connectivity index (χ2v) is 4.61. The minimum Gasteiger partial charge on any atom is -0.496 e. The number of carbonyl (C=O) groups is 1. The van der Waals surface area contributed by atoms with E-state index in [-0.39, 0.29) is 6.10 Å². The standard InChI is InChI=1S/C14H19NO3/c1-11-8-15(5-6-18-11)9-13-7-12(10-16)3-4-14(13)17-2/h3-4,7,10-11H,5-6,8-9H2,1-2H3. The number of benzene rings is 1. The van der Waals surface area contributed by atoms with E-state index in [0.29, 0.717) is 5.56 Å². The summed E-state index contributed by atoms with van der Waals surface area (Å²) >= 11 is 0. The maximum atomic E-state index is 10.8. The van der Waals surface area contributed by atoms with Gasteiger partial charge >= 0.3 is 0 Å². The van der Waals surface area contributed by atoms with Crippen LogP contribution in [0.4, 0.5) is 0 Å². The molecule has 1 aliphatic heterocycles. The second-order valence-electron chi connectivity index (χ2n) is 4.61. The number of ether oxygens (including phenoxy) is 2. The molecule has 1 unspecified atom stereocenters. The lowest BCUT2D eigenvalue weighted by Gasteiger charge is -2.31. The quantitative estimate of drug-likeness (QED) is 0.762. The van der Waals surface area contributed by atoms with E-state index in [9.17, 15) is 4.79 Å². The monoisotopic (exact) mass is 249 g/mol. The molecule has 0 radical (unpaired) electrons. The summed E-state index contributed by atoms with van der Waals surface area (Å²) in [6, 6.07) is 5.52. The van der Waals surface area contributed by atoms with Gasteiger partial charge in [-0.15, -0.1) is 0 Å². The van der Waals surface area contributed by atoms with E-state index < -0.39 is 0 Å². The highest BCUT2D eigenvalue weighted by Gasteiger charge is 2.18. The fourth-order valence-electron chi connectivity index (χ4n) is 2.27. The number of aldehydes is 1. The van der Waals surface area contributed by atoms with Gasteiger partial charge in [0.15, 0.2) is 0 Å². The van der Waals surface area contributed by atoms with E-state index in [2.05, 4.69) is 11.8 Å². The van der Waals surface area contributed by atoms with Crippen molar-refractivity contribution in [1.29, 1.82) is 0 Å². The van der Waals surface area contributed by atoms with Crippen LogP contribution in [0.2, 0.25) is 0 Å². The van der Waals surface area contributed by atoms with Gasteiger partial charge in [0, 0.05) is 30.8 Å². The minimum atomic E-state index is 0.263. The van der Waals surface area contributed by atoms with Gasteiger partial charge in [0.05, 0.1) is 19.8 Å². The molecule has 1 aromatic carbocycles. The summed E-state index contributed by atoms with van der Waals surface area (Å²) in [4.78, 5) is 13.1. The SMILES string of the molecule is COc1ccc(C=O)cc1CN1CCOC(C)C1. The van der Waals surface area contributed by atoms with Crippen molar-refractivity contribution in [2.75, 3.05) is 26.8 Å². The normalized spacial score (nSPS) is 20.7. The van der Waals surface area contributed by atoms with Crippen molar-refractivity contribution in [3.63, 3.8) is 0 Å². The van der Waals surface area contributed by atoms with Crippen molar-refractivity contribution in [2.45, 2.75) is 19.6 Å². The molecule has 0 bridgehead atoms. The highest BCUT2D eigenvalue weighted by atomic mass is 16.5. The first kappa shape index (κ1) is 13.1. The summed E-state index contributed by atoms with van der Waals surface area (Å²) in [5.41, 5.74) is 1.74. The summed E-state index contributed by atoms with van der Waals surface area (Å²) in [7, 11) is 1.65. The first-order valence-corrected chi connectivity index (χ1v) is 6.19. The zero-order valence-corrected chi connectivity index (χ0v) is 10.9. The number of morpholine rings is 1. The number of hydrogen-bond acceptors (Lipinski definition) is 4. The molecule has 1 atom stereocenters. The number of methoxy groups -OCH3 is 1. The Hall–Kier alpha value is -1.39. The maximum absolute atomic E-state index is 10.8. The van der Waals surface area contributed by atoms with Crippen LogP contribution < -0.4 is 4.74 Å². The first-order chi connectivity index (χ1) is 8.72. The van der Waals surface area contributed by atoms with Gasteiger partial charge in [-0.05, 0) is 25.1 Å². The van der Waals surface area contributed by atoms with E-state index >= 15 is 0 Å². The van der Waals surface area contributed by atoms with E-state index in [1.807, 2.05) is 12.1 Å². The Balaban J connectivity index is 2.13. The molecule has 1 heterocycles. The first-order valence-electron chi connectivity index (χ1n) is 6.19. The zero-order valence-electron chi connectivity index (χ0n) is 10.9. The Bertz CT molecular complexity index is 420. The molecule has 4 heteroatoms. The Kier molecular flexibility index (Phi) is 4.33. The molecule has 0 saturated carbocycles. The predicted molar refractivity (Wildman–Crippen MR) is 69.1 cm³/mol. The molecule has 0 spiro atoms. The van der Waals surface area contributed by atoms with Gasteiger partial charge < -0.3 is 9.47 Å². The average molecular weight is 249 g/mol. The molecule has 1 aliphatic rings. The van der Waals surface area contributed by atoms with Gasteiger partial charge in [0.1, 0.15) is 12.0 Å². The maximum Gasteiger partial charge on any atom is 0.150 e. The Morgan fingerprint density at radius 1 is 1.56 bits per heavy atom. The number of rotatable bonds is 4. The van der Waals surface area contributed by atoms with Gasteiger partial charge in [0.2, 0.25) is 0 Å². The van der Waals surface area contributed by atoms with Gasteiger partial charge in [-0.2, -0.15) is 0 Å². The van der Waals surface area contributed by atoms with Crippen LogP contribution in [0.25, 0.3) is 0 Å². The van der Waals surface area contributed by atoms with Crippen LogP contribution in [0.5, 0.6) is 5.75 Å². The lowest BCUT2D eigenvalue weighted by atomic mass is 10.1. The van der Waals surface area contributed by atoms with E-state index in [1.54, 1.807) is 13.2 Å². The fraction of sp³-hybridized carbons (Fsp3) is 0.500. The smallest absolute Gasteiger partial charge is 0.150 e. The van der Waals surface area contributed by atoms with Crippen LogP contribution in [-0.2, 0) is 11.3 Å². The molecule has 0 amide bonds. The minimum absolute atomic E-state index is 0.263. The van der Waals surface area contributed by atoms with Gasteiger partial charge in [-0.1, -0.05) is 0 Å². The number of carbonyl (C=O) groups excluding carboxylic acids is 1. The zero-order chi connectivity index (χ0) is 13.0.